The number of carbonyl (C=O) groups is 1. The molecule has 6 heteroatoms. The number of aromatic nitrogens is 1. The van der Waals surface area contributed by atoms with Gasteiger partial charge in [-0.05, 0) is 6.07 Å². The van der Waals surface area contributed by atoms with Gasteiger partial charge in [-0.2, -0.15) is 0 Å². The largest absolute Gasteiger partial charge is 0.396 e. The minimum Gasteiger partial charge on any atom is -0.396 e. The summed E-state index contributed by atoms with van der Waals surface area (Å²) < 4.78 is 0. The van der Waals surface area contributed by atoms with Gasteiger partial charge in [0, 0.05) is 39.4 Å². The van der Waals surface area contributed by atoms with Crippen molar-refractivity contribution in [1.29, 1.82) is 0 Å². The Labute approximate surface area is 100 Å². The van der Waals surface area contributed by atoms with Crippen molar-refractivity contribution < 1.29 is 4.79 Å². The van der Waals surface area contributed by atoms with Gasteiger partial charge < -0.3 is 20.9 Å². The molecule has 1 fully saturated rings. The number of hydrogen-bond acceptors (Lipinski definition) is 4. The normalized spacial score (nSPS) is 15.8. The van der Waals surface area contributed by atoms with E-state index in [0.29, 0.717) is 18.8 Å². The molecule has 1 aliphatic heterocycles. The molecule has 6 nitrogen and oxygen atoms in total. The van der Waals surface area contributed by atoms with E-state index >= 15 is 0 Å². The van der Waals surface area contributed by atoms with Gasteiger partial charge in [0.05, 0.1) is 17.6 Å². The van der Waals surface area contributed by atoms with Crippen molar-refractivity contribution in [2.24, 2.45) is 0 Å². The topological polar surface area (TPSA) is 74.5 Å². The molecule has 92 valence electrons. The summed E-state index contributed by atoms with van der Waals surface area (Å²) >= 11 is 0. The molecule has 2 heterocycles. The minimum atomic E-state index is -0.0210. The van der Waals surface area contributed by atoms with Crippen LogP contribution in [0.3, 0.4) is 0 Å². The molecule has 0 unspecified atom stereocenters. The van der Waals surface area contributed by atoms with E-state index < -0.39 is 0 Å². The number of piperazine rings is 1. The summed E-state index contributed by atoms with van der Waals surface area (Å²) in [6, 6.07) is 1.89. The van der Waals surface area contributed by atoms with Crippen LogP contribution in [0.4, 0.5) is 16.2 Å². The summed E-state index contributed by atoms with van der Waals surface area (Å²) in [5.74, 6) is 0. The van der Waals surface area contributed by atoms with Crippen molar-refractivity contribution in [1.82, 2.24) is 15.2 Å². The second-order valence-corrected chi connectivity index (χ2v) is 3.96. The van der Waals surface area contributed by atoms with Crippen molar-refractivity contribution >= 4 is 17.4 Å². The number of nitrogens with zero attached hydrogens (tertiary/aromatic N) is 3. The third-order valence-corrected chi connectivity index (χ3v) is 2.95. The van der Waals surface area contributed by atoms with E-state index in [0.717, 1.165) is 18.8 Å². The highest BCUT2D eigenvalue weighted by Gasteiger charge is 2.21. The lowest BCUT2D eigenvalue weighted by atomic mass is 10.2. The van der Waals surface area contributed by atoms with E-state index in [4.69, 9.17) is 5.73 Å². The van der Waals surface area contributed by atoms with Crippen LogP contribution in [0.5, 0.6) is 0 Å². The molecule has 1 aromatic rings. The fraction of sp³-hybridized carbons (Fsp3) is 0.455. The van der Waals surface area contributed by atoms with Gasteiger partial charge in [-0.25, -0.2) is 4.79 Å². The summed E-state index contributed by atoms with van der Waals surface area (Å²) in [6.07, 6.45) is 3.39. The van der Waals surface area contributed by atoms with Crippen molar-refractivity contribution in [2.75, 3.05) is 43.9 Å². The molecule has 0 atom stereocenters. The van der Waals surface area contributed by atoms with Crippen LogP contribution < -0.4 is 16.0 Å². The second-order valence-electron chi connectivity index (χ2n) is 3.96. The van der Waals surface area contributed by atoms with Crippen LogP contribution in [0.1, 0.15) is 0 Å². The number of pyridine rings is 1. The lowest BCUT2D eigenvalue weighted by Crippen LogP contribution is -2.51. The van der Waals surface area contributed by atoms with Crippen molar-refractivity contribution in [3.8, 4) is 0 Å². The molecule has 1 aliphatic rings. The van der Waals surface area contributed by atoms with Gasteiger partial charge in [0.2, 0.25) is 0 Å². The summed E-state index contributed by atoms with van der Waals surface area (Å²) in [7, 11) is 1.65. The predicted octanol–water partition coefficient (Wildman–Crippen LogP) is 0.125. The lowest BCUT2D eigenvalue weighted by molar-refractivity contribution is 0.196. The monoisotopic (exact) mass is 235 g/mol. The third kappa shape index (κ3) is 2.41. The van der Waals surface area contributed by atoms with Gasteiger partial charge >= 0.3 is 6.03 Å². The Balaban J connectivity index is 2.00. The molecular weight excluding hydrogens is 218 g/mol. The van der Waals surface area contributed by atoms with Gasteiger partial charge in [0.15, 0.2) is 0 Å². The average Bonchev–Trinajstić information content (AvgIpc) is 2.39. The highest BCUT2D eigenvalue weighted by Crippen LogP contribution is 2.22. The highest BCUT2D eigenvalue weighted by molar-refractivity contribution is 5.74. The van der Waals surface area contributed by atoms with Gasteiger partial charge in [-0.1, -0.05) is 0 Å². The molecule has 0 saturated carbocycles. The first-order chi connectivity index (χ1) is 8.22. The van der Waals surface area contributed by atoms with Crippen LogP contribution in [0.2, 0.25) is 0 Å². The summed E-state index contributed by atoms with van der Waals surface area (Å²) in [6.45, 7) is 3.01. The number of carbonyl (C=O) groups excluding carboxylic acids is 1. The number of anilines is 2. The van der Waals surface area contributed by atoms with E-state index in [2.05, 4.69) is 15.2 Å². The van der Waals surface area contributed by atoms with Gasteiger partial charge in [-0.15, -0.1) is 0 Å². The zero-order valence-electron chi connectivity index (χ0n) is 9.89. The Morgan fingerprint density at radius 1 is 1.41 bits per heavy atom. The number of nitrogens with one attached hydrogen (secondary N) is 1. The molecule has 0 bridgehead atoms. The van der Waals surface area contributed by atoms with E-state index in [-0.39, 0.29) is 6.03 Å². The molecule has 0 radical (unpaired) electrons. The van der Waals surface area contributed by atoms with Gasteiger partial charge in [0.25, 0.3) is 0 Å². The van der Waals surface area contributed by atoms with E-state index in [9.17, 15) is 4.79 Å². The molecule has 17 heavy (non-hydrogen) atoms. The Kier molecular flexibility index (Phi) is 3.32. The molecule has 3 N–H and O–H groups in total. The number of rotatable bonds is 1. The van der Waals surface area contributed by atoms with Crippen LogP contribution in [0, 0.1) is 0 Å². The van der Waals surface area contributed by atoms with Gasteiger partial charge in [-0.3, -0.25) is 4.98 Å². The fourth-order valence-electron chi connectivity index (χ4n) is 2.00. The SMILES string of the molecule is CNC(=O)N1CCN(c2ccncc2N)CC1. The molecular formula is C11H17N5O. The van der Waals surface area contributed by atoms with E-state index in [1.54, 1.807) is 24.3 Å². The van der Waals surface area contributed by atoms with Gasteiger partial charge in [0.1, 0.15) is 0 Å². The molecule has 0 spiro atoms. The van der Waals surface area contributed by atoms with E-state index in [1.165, 1.54) is 0 Å². The standard InChI is InChI=1S/C11H17N5O/c1-13-11(17)16-6-4-15(5-7-16)10-2-3-14-8-9(10)12/h2-3,8H,4-7,12H2,1H3,(H,13,17). The Morgan fingerprint density at radius 2 is 2.12 bits per heavy atom. The summed E-state index contributed by atoms with van der Waals surface area (Å²) in [4.78, 5) is 19.4. The summed E-state index contributed by atoms with van der Waals surface area (Å²) in [5.41, 5.74) is 7.55. The van der Waals surface area contributed by atoms with Crippen LogP contribution in [0.15, 0.2) is 18.5 Å². The molecule has 1 aromatic heterocycles. The fourth-order valence-corrected chi connectivity index (χ4v) is 2.00. The highest BCUT2D eigenvalue weighted by atomic mass is 16.2. The minimum absolute atomic E-state index is 0.0210. The summed E-state index contributed by atoms with van der Waals surface area (Å²) in [5, 5.41) is 2.63. The number of hydrogen-bond donors (Lipinski definition) is 2. The Morgan fingerprint density at radius 3 is 2.71 bits per heavy atom. The molecule has 0 aromatic carbocycles. The number of nitrogen functional groups attached to an aromatic ring is 1. The number of amides is 2. The quantitative estimate of drug-likeness (QED) is 0.725. The first kappa shape index (κ1) is 11.5. The third-order valence-electron chi connectivity index (χ3n) is 2.95. The Hall–Kier alpha value is -1.98. The molecule has 2 amide bonds. The average molecular weight is 235 g/mol. The first-order valence-corrected chi connectivity index (χ1v) is 5.63. The number of urea groups is 1. The van der Waals surface area contributed by atoms with Crippen LogP contribution in [0.25, 0.3) is 0 Å². The maximum atomic E-state index is 11.4. The number of nitrogens with two attached hydrogens (primary N) is 1. The maximum absolute atomic E-state index is 11.4. The molecule has 2 rings (SSSR count). The first-order valence-electron chi connectivity index (χ1n) is 5.63. The maximum Gasteiger partial charge on any atom is 0.317 e. The van der Waals surface area contributed by atoms with Crippen LogP contribution in [-0.4, -0.2) is 49.1 Å². The van der Waals surface area contributed by atoms with Crippen molar-refractivity contribution in [3.63, 3.8) is 0 Å². The van der Waals surface area contributed by atoms with Crippen molar-refractivity contribution in [2.45, 2.75) is 0 Å². The lowest BCUT2D eigenvalue weighted by Gasteiger charge is -2.36. The van der Waals surface area contributed by atoms with Crippen LogP contribution in [-0.2, 0) is 0 Å². The zero-order chi connectivity index (χ0) is 12.3. The van der Waals surface area contributed by atoms with E-state index in [1.807, 2.05) is 6.07 Å². The second kappa shape index (κ2) is 4.90. The molecule has 1 saturated heterocycles. The zero-order valence-corrected chi connectivity index (χ0v) is 9.89. The smallest absolute Gasteiger partial charge is 0.317 e. The molecule has 0 aliphatic carbocycles. The van der Waals surface area contributed by atoms with Crippen LogP contribution >= 0.6 is 0 Å². The Bertz CT molecular complexity index is 401. The van der Waals surface area contributed by atoms with Crippen molar-refractivity contribution in [3.05, 3.63) is 18.5 Å². The predicted molar refractivity (Wildman–Crippen MR) is 66.9 cm³/mol.